The Hall–Kier alpha value is -2.32. The lowest BCUT2D eigenvalue weighted by Gasteiger charge is -2.41. The lowest BCUT2D eigenvalue weighted by molar-refractivity contribution is -0.133. The van der Waals surface area contributed by atoms with Gasteiger partial charge in [0.2, 0.25) is 5.91 Å². The molecule has 144 valence electrons. The molecule has 0 aliphatic carbocycles. The zero-order valence-corrected chi connectivity index (χ0v) is 15.2. The summed E-state index contributed by atoms with van der Waals surface area (Å²) in [7, 11) is 0. The van der Waals surface area contributed by atoms with Crippen LogP contribution in [0.1, 0.15) is 18.9 Å². The molecule has 3 amide bonds. The number of amides is 3. The number of carbonyl (C=O) groups excluding carboxylic acids is 2. The Morgan fingerprint density at radius 3 is 2.81 bits per heavy atom. The van der Waals surface area contributed by atoms with Gasteiger partial charge in [0.05, 0.1) is 13.2 Å². The van der Waals surface area contributed by atoms with E-state index in [4.69, 9.17) is 10.5 Å². The van der Waals surface area contributed by atoms with Crippen LogP contribution in [0.5, 0.6) is 5.75 Å². The van der Waals surface area contributed by atoms with Crippen LogP contribution in [0, 0.1) is 0 Å². The molecule has 1 heterocycles. The minimum absolute atomic E-state index is 0.0426. The Morgan fingerprint density at radius 2 is 2.12 bits per heavy atom. The van der Waals surface area contributed by atoms with Gasteiger partial charge in [-0.15, -0.1) is 0 Å². The van der Waals surface area contributed by atoms with Crippen LogP contribution in [0.3, 0.4) is 0 Å². The van der Waals surface area contributed by atoms with E-state index in [9.17, 15) is 14.7 Å². The van der Waals surface area contributed by atoms with Gasteiger partial charge in [-0.25, -0.2) is 4.79 Å². The van der Waals surface area contributed by atoms with Gasteiger partial charge in [0.25, 0.3) is 0 Å². The predicted molar refractivity (Wildman–Crippen MR) is 97.7 cm³/mol. The first-order valence-electron chi connectivity index (χ1n) is 8.91. The molecule has 1 aliphatic heterocycles. The fourth-order valence-electron chi connectivity index (χ4n) is 3.17. The summed E-state index contributed by atoms with van der Waals surface area (Å²) in [5.41, 5.74) is 6.11. The molecule has 1 aromatic carbocycles. The van der Waals surface area contributed by atoms with Crippen molar-refractivity contribution in [3.63, 3.8) is 0 Å². The standard InChI is InChI=1S/C18H28N4O4/c1-2-26-16-6-4-3-5-14(16)12-21-8-9-22(13-15(21)7-10-23)17(24)11-20-18(19)25/h3-6,15,23H,2,7-13H2,1H3,(H3,19,20,25). The molecule has 1 aliphatic rings. The number of benzene rings is 1. The number of nitrogens with one attached hydrogen (secondary N) is 1. The fraction of sp³-hybridized carbons (Fsp3) is 0.556. The topological polar surface area (TPSA) is 108 Å². The van der Waals surface area contributed by atoms with E-state index < -0.39 is 6.03 Å². The number of carbonyl (C=O) groups is 2. The van der Waals surface area contributed by atoms with Crippen molar-refractivity contribution in [3.8, 4) is 5.75 Å². The maximum atomic E-state index is 12.2. The third kappa shape index (κ3) is 5.60. The second-order valence-corrected chi connectivity index (χ2v) is 6.23. The number of para-hydroxylation sites is 1. The van der Waals surface area contributed by atoms with E-state index in [0.29, 0.717) is 39.2 Å². The highest BCUT2D eigenvalue weighted by molar-refractivity contribution is 5.83. The molecule has 1 aromatic rings. The number of hydrogen-bond donors (Lipinski definition) is 3. The van der Waals surface area contributed by atoms with Crippen LogP contribution in [0.4, 0.5) is 4.79 Å². The largest absolute Gasteiger partial charge is 0.494 e. The van der Waals surface area contributed by atoms with Crippen molar-refractivity contribution < 1.29 is 19.4 Å². The van der Waals surface area contributed by atoms with Gasteiger partial charge in [0, 0.05) is 44.4 Å². The summed E-state index contributed by atoms with van der Waals surface area (Å²) < 4.78 is 5.69. The predicted octanol–water partition coefficient (Wildman–Crippen LogP) is 0.149. The van der Waals surface area contributed by atoms with Crippen molar-refractivity contribution in [1.82, 2.24) is 15.1 Å². The second-order valence-electron chi connectivity index (χ2n) is 6.23. The molecule has 8 nitrogen and oxygen atoms in total. The molecule has 0 bridgehead atoms. The van der Waals surface area contributed by atoms with Crippen molar-refractivity contribution in [2.24, 2.45) is 5.73 Å². The molecular weight excluding hydrogens is 336 g/mol. The van der Waals surface area contributed by atoms with E-state index in [1.54, 1.807) is 4.90 Å². The minimum atomic E-state index is -0.712. The number of nitrogens with zero attached hydrogens (tertiary/aromatic N) is 2. The number of urea groups is 1. The van der Waals surface area contributed by atoms with Crippen molar-refractivity contribution in [1.29, 1.82) is 0 Å². The van der Waals surface area contributed by atoms with Gasteiger partial charge in [-0.2, -0.15) is 0 Å². The Labute approximate surface area is 153 Å². The van der Waals surface area contributed by atoms with Crippen molar-refractivity contribution in [2.75, 3.05) is 39.4 Å². The number of rotatable bonds is 8. The molecule has 8 heteroatoms. The molecule has 2 rings (SSSR count). The van der Waals surface area contributed by atoms with Crippen LogP contribution in [0.2, 0.25) is 0 Å². The van der Waals surface area contributed by atoms with Gasteiger partial charge < -0.3 is 25.8 Å². The number of primary amides is 1. The van der Waals surface area contributed by atoms with Crippen LogP contribution in [-0.2, 0) is 11.3 Å². The maximum Gasteiger partial charge on any atom is 0.312 e. The summed E-state index contributed by atoms with van der Waals surface area (Å²) in [6, 6.07) is 7.25. The molecule has 0 radical (unpaired) electrons. The lowest BCUT2D eigenvalue weighted by Crippen LogP contribution is -2.56. The SMILES string of the molecule is CCOc1ccccc1CN1CCN(C(=O)CNC(N)=O)CC1CCO. The fourth-order valence-corrected chi connectivity index (χ4v) is 3.17. The molecule has 0 aromatic heterocycles. The molecule has 0 spiro atoms. The van der Waals surface area contributed by atoms with E-state index in [2.05, 4.69) is 10.2 Å². The van der Waals surface area contributed by atoms with Crippen LogP contribution in [-0.4, -0.2) is 72.3 Å². The van der Waals surface area contributed by atoms with Gasteiger partial charge in [0.1, 0.15) is 5.75 Å². The number of hydrogen-bond acceptors (Lipinski definition) is 5. The maximum absolute atomic E-state index is 12.2. The number of aliphatic hydroxyl groups excluding tert-OH is 1. The Morgan fingerprint density at radius 1 is 1.35 bits per heavy atom. The molecule has 0 saturated carbocycles. The average molecular weight is 364 g/mol. The van der Waals surface area contributed by atoms with Crippen molar-refractivity contribution in [2.45, 2.75) is 25.9 Å². The van der Waals surface area contributed by atoms with Gasteiger partial charge in [-0.1, -0.05) is 18.2 Å². The first-order chi connectivity index (χ1) is 12.5. The zero-order valence-electron chi connectivity index (χ0n) is 15.2. The highest BCUT2D eigenvalue weighted by atomic mass is 16.5. The molecule has 1 saturated heterocycles. The van der Waals surface area contributed by atoms with Gasteiger partial charge in [-0.3, -0.25) is 9.69 Å². The molecule has 26 heavy (non-hydrogen) atoms. The molecule has 1 fully saturated rings. The first kappa shape index (κ1) is 20.0. The molecule has 1 unspecified atom stereocenters. The highest BCUT2D eigenvalue weighted by Crippen LogP contribution is 2.23. The Balaban J connectivity index is 2.02. The van der Waals surface area contributed by atoms with Crippen LogP contribution < -0.4 is 15.8 Å². The number of piperazine rings is 1. The summed E-state index contributed by atoms with van der Waals surface area (Å²) >= 11 is 0. The van der Waals surface area contributed by atoms with Gasteiger partial charge in [0.15, 0.2) is 0 Å². The van der Waals surface area contributed by atoms with Gasteiger partial charge in [-0.05, 0) is 19.4 Å². The van der Waals surface area contributed by atoms with E-state index in [-0.39, 0.29) is 25.1 Å². The first-order valence-corrected chi connectivity index (χ1v) is 8.91. The summed E-state index contributed by atoms with van der Waals surface area (Å²) in [4.78, 5) is 27.0. The average Bonchev–Trinajstić information content (AvgIpc) is 2.63. The summed E-state index contributed by atoms with van der Waals surface area (Å²) in [6.07, 6.45) is 0.573. The van der Waals surface area contributed by atoms with E-state index in [0.717, 1.165) is 11.3 Å². The molecule has 4 N–H and O–H groups in total. The van der Waals surface area contributed by atoms with E-state index >= 15 is 0 Å². The van der Waals surface area contributed by atoms with Gasteiger partial charge >= 0.3 is 6.03 Å². The third-order valence-corrected chi connectivity index (χ3v) is 4.48. The zero-order chi connectivity index (χ0) is 18.9. The second kappa shape index (κ2) is 9.98. The summed E-state index contributed by atoms with van der Waals surface area (Å²) in [5.74, 6) is 0.697. The Bertz CT molecular complexity index is 611. The molecule has 1 atom stereocenters. The van der Waals surface area contributed by atoms with E-state index in [1.807, 2.05) is 31.2 Å². The van der Waals surface area contributed by atoms with E-state index in [1.165, 1.54) is 0 Å². The monoisotopic (exact) mass is 364 g/mol. The Kier molecular flexibility index (Phi) is 7.68. The molecular formula is C18H28N4O4. The van der Waals surface area contributed by atoms with Crippen LogP contribution in [0.15, 0.2) is 24.3 Å². The summed E-state index contributed by atoms with van der Waals surface area (Å²) in [5, 5.41) is 11.7. The number of aliphatic hydroxyl groups is 1. The number of nitrogens with two attached hydrogens (primary N) is 1. The third-order valence-electron chi connectivity index (χ3n) is 4.48. The highest BCUT2D eigenvalue weighted by Gasteiger charge is 2.29. The number of ether oxygens (including phenoxy) is 1. The van der Waals surface area contributed by atoms with Crippen LogP contribution in [0.25, 0.3) is 0 Å². The minimum Gasteiger partial charge on any atom is -0.494 e. The van der Waals surface area contributed by atoms with Crippen molar-refractivity contribution >= 4 is 11.9 Å². The van der Waals surface area contributed by atoms with Crippen LogP contribution >= 0.6 is 0 Å². The summed E-state index contributed by atoms with van der Waals surface area (Å²) in [6.45, 7) is 4.97. The smallest absolute Gasteiger partial charge is 0.312 e. The quantitative estimate of drug-likeness (QED) is 0.608. The lowest BCUT2D eigenvalue weighted by atomic mass is 10.1. The van der Waals surface area contributed by atoms with Crippen molar-refractivity contribution in [3.05, 3.63) is 29.8 Å². The normalized spacial score (nSPS) is 17.8.